The van der Waals surface area contributed by atoms with E-state index in [1.165, 1.54) is 128 Å². The molecule has 0 radical (unpaired) electrons. The Morgan fingerprint density at radius 1 is 0.404 bits per heavy atom. The van der Waals surface area contributed by atoms with Gasteiger partial charge < -0.3 is 14.2 Å². The van der Waals surface area contributed by atoms with E-state index < -0.39 is 6.10 Å². The first-order chi connectivity index (χ1) is 25.6. The summed E-state index contributed by atoms with van der Waals surface area (Å²) in [4.78, 5) is 25.2. The molecule has 0 aliphatic heterocycles. The number of hydrogen-bond donors (Lipinski definition) is 0. The van der Waals surface area contributed by atoms with Crippen molar-refractivity contribution in [2.75, 3.05) is 19.8 Å². The zero-order valence-corrected chi connectivity index (χ0v) is 34.8. The molecule has 0 fully saturated rings. The fraction of sp³-hybridized carbons (Fsp3) is 0.830. The molecule has 0 aromatic rings. The van der Waals surface area contributed by atoms with Gasteiger partial charge in [0.2, 0.25) is 0 Å². The largest absolute Gasteiger partial charge is 0.462 e. The van der Waals surface area contributed by atoms with Crippen LogP contribution in [0.4, 0.5) is 0 Å². The number of allylic oxidation sites excluding steroid dienone is 6. The normalized spacial score (nSPS) is 12.4. The van der Waals surface area contributed by atoms with Gasteiger partial charge in [0.1, 0.15) is 6.61 Å². The van der Waals surface area contributed by atoms with Crippen LogP contribution in [0.5, 0.6) is 0 Å². The highest BCUT2D eigenvalue weighted by atomic mass is 16.6. The van der Waals surface area contributed by atoms with Crippen LogP contribution in [-0.4, -0.2) is 37.9 Å². The van der Waals surface area contributed by atoms with Gasteiger partial charge in [0, 0.05) is 19.4 Å². The number of unbranched alkanes of at least 4 members (excludes halogenated alkanes) is 24. The van der Waals surface area contributed by atoms with E-state index in [1.54, 1.807) is 0 Å². The van der Waals surface area contributed by atoms with Crippen LogP contribution in [0.1, 0.15) is 226 Å². The fourth-order valence-electron chi connectivity index (χ4n) is 6.17. The van der Waals surface area contributed by atoms with Crippen molar-refractivity contribution in [3.63, 3.8) is 0 Å². The summed E-state index contributed by atoms with van der Waals surface area (Å²) in [7, 11) is 0. The summed E-state index contributed by atoms with van der Waals surface area (Å²) in [5, 5.41) is 0. The maximum Gasteiger partial charge on any atom is 0.306 e. The molecule has 0 saturated heterocycles. The molecule has 0 aliphatic rings. The first kappa shape index (κ1) is 50.1. The molecule has 0 heterocycles. The predicted octanol–water partition coefficient (Wildman–Crippen LogP) is 14.7. The molecule has 0 aromatic heterocycles. The van der Waals surface area contributed by atoms with Crippen molar-refractivity contribution in [3.8, 4) is 0 Å². The molecule has 0 spiro atoms. The number of ether oxygens (including phenoxy) is 3. The molecule has 1 atom stereocenters. The maximum absolute atomic E-state index is 12.7. The van der Waals surface area contributed by atoms with Crippen molar-refractivity contribution in [1.82, 2.24) is 0 Å². The van der Waals surface area contributed by atoms with Crippen LogP contribution in [0.3, 0.4) is 0 Å². The van der Waals surface area contributed by atoms with Crippen LogP contribution >= 0.6 is 0 Å². The zero-order chi connectivity index (χ0) is 37.8. The second kappa shape index (κ2) is 43.5. The lowest BCUT2D eigenvalue weighted by Crippen LogP contribution is -2.30. The Kier molecular flexibility index (Phi) is 42.0. The Balaban J connectivity index is 4.27. The van der Waals surface area contributed by atoms with E-state index >= 15 is 0 Å². The minimum absolute atomic E-state index is 0.0774. The smallest absolute Gasteiger partial charge is 0.306 e. The molecule has 0 saturated carbocycles. The highest BCUT2D eigenvalue weighted by Crippen LogP contribution is 2.13. The van der Waals surface area contributed by atoms with E-state index in [0.29, 0.717) is 19.4 Å². The van der Waals surface area contributed by atoms with Gasteiger partial charge >= 0.3 is 11.9 Å². The van der Waals surface area contributed by atoms with Crippen molar-refractivity contribution in [1.29, 1.82) is 0 Å². The maximum atomic E-state index is 12.7. The van der Waals surface area contributed by atoms with Crippen LogP contribution in [0, 0.1) is 0 Å². The summed E-state index contributed by atoms with van der Waals surface area (Å²) in [6.45, 7) is 7.72. The van der Waals surface area contributed by atoms with Crippen LogP contribution in [-0.2, 0) is 23.8 Å². The van der Waals surface area contributed by atoms with Gasteiger partial charge in [0.05, 0.1) is 6.61 Å². The van der Waals surface area contributed by atoms with E-state index in [9.17, 15) is 9.59 Å². The fourth-order valence-corrected chi connectivity index (χ4v) is 6.17. The summed E-state index contributed by atoms with van der Waals surface area (Å²) < 4.78 is 17.3. The molecule has 304 valence electrons. The third-order valence-electron chi connectivity index (χ3n) is 9.62. The van der Waals surface area contributed by atoms with Crippen molar-refractivity contribution in [2.45, 2.75) is 232 Å². The summed E-state index contributed by atoms with van der Waals surface area (Å²) in [5.41, 5.74) is 0. The lowest BCUT2D eigenvalue weighted by molar-refractivity contribution is -0.163. The molecular weight excluding hydrogens is 645 g/mol. The Morgan fingerprint density at radius 3 is 1.23 bits per heavy atom. The van der Waals surface area contributed by atoms with Crippen molar-refractivity contribution >= 4 is 11.9 Å². The topological polar surface area (TPSA) is 61.8 Å². The van der Waals surface area contributed by atoms with Gasteiger partial charge in [-0.2, -0.15) is 0 Å². The molecule has 0 rings (SSSR count). The molecule has 0 amide bonds. The van der Waals surface area contributed by atoms with Gasteiger partial charge in [-0.1, -0.05) is 166 Å². The molecule has 0 aliphatic carbocycles. The summed E-state index contributed by atoms with van der Waals surface area (Å²) >= 11 is 0. The molecular formula is C47H86O5. The van der Waals surface area contributed by atoms with E-state index in [-0.39, 0.29) is 25.2 Å². The van der Waals surface area contributed by atoms with E-state index in [2.05, 4.69) is 57.2 Å². The zero-order valence-electron chi connectivity index (χ0n) is 34.8. The lowest BCUT2D eigenvalue weighted by Gasteiger charge is -2.18. The standard InChI is InChI=1S/C47H86O5/c1-4-7-10-13-16-19-22-24-26-28-31-34-37-40-46(48)51-44-45(43-50-42-39-36-33-30-27-23-20-17-14-11-8-5-2)52-47(49)41-38-35-32-29-25-21-18-15-12-9-6-3/h14-15,17-19,22,45H,4-13,16,20-21,23-44H2,1-3H3/b17-14-,18-15-,22-19-. The number of rotatable bonds is 41. The summed E-state index contributed by atoms with van der Waals surface area (Å²) in [6.07, 6.45) is 49.9. The van der Waals surface area contributed by atoms with Crippen molar-refractivity contribution in [3.05, 3.63) is 36.5 Å². The number of carbonyl (C=O) groups excluding carboxylic acids is 2. The van der Waals surface area contributed by atoms with Crippen LogP contribution in [0.15, 0.2) is 36.5 Å². The van der Waals surface area contributed by atoms with Crippen molar-refractivity contribution < 1.29 is 23.8 Å². The highest BCUT2D eigenvalue weighted by Gasteiger charge is 2.17. The van der Waals surface area contributed by atoms with Gasteiger partial charge in [-0.15, -0.1) is 0 Å². The molecule has 0 N–H and O–H groups in total. The number of hydrogen-bond acceptors (Lipinski definition) is 5. The van der Waals surface area contributed by atoms with Gasteiger partial charge in [0.25, 0.3) is 0 Å². The Hall–Kier alpha value is -1.88. The molecule has 1 unspecified atom stereocenters. The Morgan fingerprint density at radius 2 is 0.769 bits per heavy atom. The molecule has 5 nitrogen and oxygen atoms in total. The third kappa shape index (κ3) is 40.9. The minimum Gasteiger partial charge on any atom is -0.462 e. The average Bonchev–Trinajstić information content (AvgIpc) is 3.14. The molecule has 0 aromatic carbocycles. The Bertz CT molecular complexity index is 832. The monoisotopic (exact) mass is 731 g/mol. The van der Waals surface area contributed by atoms with E-state index in [0.717, 1.165) is 64.2 Å². The molecule has 5 heteroatoms. The first-order valence-corrected chi connectivity index (χ1v) is 22.5. The van der Waals surface area contributed by atoms with Gasteiger partial charge in [0.15, 0.2) is 6.10 Å². The number of carbonyl (C=O) groups is 2. The molecule has 52 heavy (non-hydrogen) atoms. The number of esters is 2. The first-order valence-electron chi connectivity index (χ1n) is 22.5. The van der Waals surface area contributed by atoms with E-state index in [4.69, 9.17) is 14.2 Å². The second-order valence-electron chi connectivity index (χ2n) is 14.9. The Labute approximate surface area is 323 Å². The minimum atomic E-state index is -0.541. The quantitative estimate of drug-likeness (QED) is 0.0356. The van der Waals surface area contributed by atoms with Crippen LogP contribution < -0.4 is 0 Å². The summed E-state index contributed by atoms with van der Waals surface area (Å²) in [5.74, 6) is -0.418. The average molecular weight is 731 g/mol. The predicted molar refractivity (Wildman–Crippen MR) is 224 cm³/mol. The van der Waals surface area contributed by atoms with Crippen LogP contribution in [0.2, 0.25) is 0 Å². The van der Waals surface area contributed by atoms with Gasteiger partial charge in [-0.05, 0) is 83.5 Å². The van der Waals surface area contributed by atoms with Gasteiger partial charge in [-0.25, -0.2) is 0 Å². The highest BCUT2D eigenvalue weighted by molar-refractivity contribution is 5.70. The SMILES string of the molecule is CCCC/C=C\CCCCCCCCOCC(COC(=O)CCCCCCC/C=C\CCCCCC)OC(=O)CCCCCCC/C=C\CCCC. The van der Waals surface area contributed by atoms with E-state index in [1.807, 2.05) is 0 Å². The summed E-state index contributed by atoms with van der Waals surface area (Å²) in [6, 6.07) is 0. The second-order valence-corrected chi connectivity index (χ2v) is 14.9. The van der Waals surface area contributed by atoms with Crippen molar-refractivity contribution in [2.24, 2.45) is 0 Å². The van der Waals surface area contributed by atoms with Gasteiger partial charge in [-0.3, -0.25) is 9.59 Å². The third-order valence-corrected chi connectivity index (χ3v) is 9.62. The lowest BCUT2D eigenvalue weighted by atomic mass is 10.1. The molecule has 0 bridgehead atoms. The van der Waals surface area contributed by atoms with Crippen LogP contribution in [0.25, 0.3) is 0 Å².